The maximum atomic E-state index is 12.3. The van der Waals surface area contributed by atoms with Crippen LogP contribution < -0.4 is 5.32 Å². The van der Waals surface area contributed by atoms with Crippen LogP contribution in [0.4, 0.5) is 9.18 Å². The Bertz CT molecular complexity index is 140. The van der Waals surface area contributed by atoms with Gasteiger partial charge in [0, 0.05) is 0 Å². The third kappa shape index (κ3) is 5.32. The molecule has 0 aliphatic heterocycles. The van der Waals surface area contributed by atoms with Gasteiger partial charge in [0.25, 0.3) is 0 Å². The third-order valence-electron chi connectivity index (χ3n) is 1.02. The van der Waals surface area contributed by atoms with Crippen molar-refractivity contribution in [2.24, 2.45) is 0 Å². The molecule has 0 heterocycles. The van der Waals surface area contributed by atoms with Crippen LogP contribution in [0.25, 0.3) is 0 Å². The number of alkyl carbamates (subject to hydrolysis) is 1. The summed E-state index contributed by atoms with van der Waals surface area (Å²) in [5, 5.41) is 1.72. The Morgan fingerprint density at radius 1 is 1.82 bits per heavy atom. The summed E-state index contributed by atoms with van der Waals surface area (Å²) in [6, 6.07) is 0. The molecule has 0 aromatic heterocycles. The minimum Gasteiger partial charge on any atom is -0.446 e. The van der Waals surface area contributed by atoms with Gasteiger partial charge in [0.05, 0.1) is 0 Å². The number of carbonyl (C=O) groups excluding carboxylic acids is 2. The molecule has 0 rings (SSSR count). The Kier molecular flexibility index (Phi) is 5.06. The molecular weight excluding hydrogens is 153 g/mol. The van der Waals surface area contributed by atoms with Crippen molar-refractivity contribution in [2.45, 2.75) is 19.5 Å². The second-order valence-corrected chi connectivity index (χ2v) is 1.87. The van der Waals surface area contributed by atoms with Crippen molar-refractivity contribution in [3.05, 3.63) is 0 Å². The lowest BCUT2D eigenvalue weighted by Crippen LogP contribution is -2.25. The van der Waals surface area contributed by atoms with E-state index < -0.39 is 12.3 Å². The standard InChI is InChI=1S/C6H10FNO3/c1-2-5(7)3-11-6(10)8-4-9/h4-5H,2-3H2,1H3,(H,8,9,10). The van der Waals surface area contributed by atoms with E-state index in [0.29, 0.717) is 0 Å². The van der Waals surface area contributed by atoms with Gasteiger partial charge in [0.2, 0.25) is 6.41 Å². The van der Waals surface area contributed by atoms with E-state index in [0.717, 1.165) is 0 Å². The van der Waals surface area contributed by atoms with E-state index in [-0.39, 0.29) is 19.4 Å². The Morgan fingerprint density at radius 2 is 2.45 bits per heavy atom. The molecule has 0 saturated heterocycles. The van der Waals surface area contributed by atoms with Crippen molar-refractivity contribution in [3.63, 3.8) is 0 Å². The molecule has 0 aliphatic carbocycles. The molecule has 2 amide bonds. The average Bonchev–Trinajstić information content (AvgIpc) is 2.01. The van der Waals surface area contributed by atoms with Crippen LogP contribution in [-0.2, 0) is 9.53 Å². The summed E-state index contributed by atoms with van der Waals surface area (Å²) >= 11 is 0. The first-order chi connectivity index (χ1) is 5.20. The van der Waals surface area contributed by atoms with Crippen LogP contribution >= 0.6 is 0 Å². The highest BCUT2D eigenvalue weighted by Gasteiger charge is 2.06. The summed E-state index contributed by atoms with van der Waals surface area (Å²) in [6.07, 6.45) is -1.61. The number of rotatable bonds is 4. The molecule has 1 unspecified atom stereocenters. The molecular formula is C6H10FNO3. The zero-order valence-electron chi connectivity index (χ0n) is 6.17. The van der Waals surface area contributed by atoms with E-state index in [1.54, 1.807) is 12.2 Å². The van der Waals surface area contributed by atoms with Crippen molar-refractivity contribution >= 4 is 12.5 Å². The first-order valence-corrected chi connectivity index (χ1v) is 3.21. The SMILES string of the molecule is CCC(F)COC(=O)NC=O. The second kappa shape index (κ2) is 5.64. The number of imide groups is 1. The predicted molar refractivity (Wildman–Crippen MR) is 35.7 cm³/mol. The van der Waals surface area contributed by atoms with Gasteiger partial charge in [0.1, 0.15) is 12.8 Å². The maximum absolute atomic E-state index is 12.3. The first kappa shape index (κ1) is 9.87. The molecule has 0 radical (unpaired) electrons. The quantitative estimate of drug-likeness (QED) is 0.618. The van der Waals surface area contributed by atoms with Crippen molar-refractivity contribution in [1.82, 2.24) is 5.32 Å². The molecule has 0 aliphatic rings. The molecule has 5 heteroatoms. The topological polar surface area (TPSA) is 55.4 Å². The van der Waals surface area contributed by atoms with Gasteiger partial charge in [-0.25, -0.2) is 9.18 Å². The van der Waals surface area contributed by atoms with Gasteiger partial charge in [-0.15, -0.1) is 0 Å². The average molecular weight is 163 g/mol. The number of carbonyl (C=O) groups is 2. The van der Waals surface area contributed by atoms with Crippen LogP contribution in [0.5, 0.6) is 0 Å². The summed E-state index contributed by atoms with van der Waals surface area (Å²) < 4.78 is 16.6. The smallest absolute Gasteiger partial charge is 0.413 e. The molecule has 0 saturated carbocycles. The van der Waals surface area contributed by atoms with E-state index in [9.17, 15) is 14.0 Å². The Labute approximate surface area is 63.7 Å². The highest BCUT2D eigenvalue weighted by molar-refractivity contribution is 5.79. The van der Waals surface area contributed by atoms with E-state index in [2.05, 4.69) is 4.74 Å². The third-order valence-corrected chi connectivity index (χ3v) is 1.02. The number of ether oxygens (including phenoxy) is 1. The fraction of sp³-hybridized carbons (Fsp3) is 0.667. The summed E-state index contributed by atoms with van der Waals surface area (Å²) in [4.78, 5) is 20.0. The summed E-state index contributed by atoms with van der Waals surface area (Å²) in [5.41, 5.74) is 0. The maximum Gasteiger partial charge on any atom is 0.413 e. The summed E-state index contributed by atoms with van der Waals surface area (Å²) in [7, 11) is 0. The number of nitrogens with one attached hydrogen (secondary N) is 1. The Morgan fingerprint density at radius 3 is 2.91 bits per heavy atom. The summed E-state index contributed by atoms with van der Waals surface area (Å²) in [6.45, 7) is 1.32. The van der Waals surface area contributed by atoms with E-state index in [1.807, 2.05) is 0 Å². The molecule has 0 aromatic carbocycles. The van der Waals surface area contributed by atoms with Gasteiger partial charge >= 0.3 is 6.09 Å². The molecule has 0 bridgehead atoms. The Balaban J connectivity index is 3.37. The largest absolute Gasteiger partial charge is 0.446 e. The molecule has 4 nitrogen and oxygen atoms in total. The lowest BCUT2D eigenvalue weighted by Gasteiger charge is -2.04. The van der Waals surface area contributed by atoms with E-state index >= 15 is 0 Å². The number of halogens is 1. The van der Waals surface area contributed by atoms with Gasteiger partial charge in [-0.3, -0.25) is 10.1 Å². The molecule has 0 fully saturated rings. The van der Waals surface area contributed by atoms with Crippen LogP contribution in [0, 0.1) is 0 Å². The summed E-state index contributed by atoms with van der Waals surface area (Å²) in [5.74, 6) is 0. The molecule has 64 valence electrons. The first-order valence-electron chi connectivity index (χ1n) is 3.21. The molecule has 0 spiro atoms. The molecule has 11 heavy (non-hydrogen) atoms. The fourth-order valence-electron chi connectivity index (χ4n) is 0.374. The lowest BCUT2D eigenvalue weighted by molar-refractivity contribution is -0.109. The monoisotopic (exact) mass is 163 g/mol. The van der Waals surface area contributed by atoms with Crippen molar-refractivity contribution in [3.8, 4) is 0 Å². The Hall–Kier alpha value is -1.13. The molecule has 0 aromatic rings. The number of hydrogen-bond acceptors (Lipinski definition) is 3. The lowest BCUT2D eigenvalue weighted by atomic mass is 10.3. The van der Waals surface area contributed by atoms with Crippen molar-refractivity contribution in [1.29, 1.82) is 0 Å². The number of amides is 2. The zero-order valence-corrected chi connectivity index (χ0v) is 6.17. The van der Waals surface area contributed by atoms with Crippen LogP contribution in [0.15, 0.2) is 0 Å². The van der Waals surface area contributed by atoms with Gasteiger partial charge in [0.15, 0.2) is 0 Å². The second-order valence-electron chi connectivity index (χ2n) is 1.87. The number of alkyl halides is 1. The normalized spacial score (nSPS) is 11.8. The fourth-order valence-corrected chi connectivity index (χ4v) is 0.374. The van der Waals surface area contributed by atoms with Crippen LogP contribution in [-0.4, -0.2) is 25.3 Å². The minimum atomic E-state index is -1.16. The van der Waals surface area contributed by atoms with Gasteiger partial charge in [-0.2, -0.15) is 0 Å². The highest BCUT2D eigenvalue weighted by Crippen LogP contribution is 1.96. The van der Waals surface area contributed by atoms with Crippen molar-refractivity contribution < 1.29 is 18.7 Å². The van der Waals surface area contributed by atoms with Gasteiger partial charge < -0.3 is 4.74 Å². The van der Waals surface area contributed by atoms with E-state index in [1.165, 1.54) is 0 Å². The van der Waals surface area contributed by atoms with E-state index in [4.69, 9.17) is 0 Å². The van der Waals surface area contributed by atoms with Crippen LogP contribution in [0.1, 0.15) is 13.3 Å². The highest BCUT2D eigenvalue weighted by atomic mass is 19.1. The van der Waals surface area contributed by atoms with Crippen LogP contribution in [0.3, 0.4) is 0 Å². The number of hydrogen-bond donors (Lipinski definition) is 1. The molecule has 1 N–H and O–H groups in total. The minimum absolute atomic E-state index is 0.182. The van der Waals surface area contributed by atoms with Crippen LogP contribution in [0.2, 0.25) is 0 Å². The predicted octanol–water partition coefficient (Wildman–Crippen LogP) is 0.617. The zero-order chi connectivity index (χ0) is 8.69. The molecule has 1 atom stereocenters. The van der Waals surface area contributed by atoms with Gasteiger partial charge in [-0.1, -0.05) is 6.92 Å². The van der Waals surface area contributed by atoms with Gasteiger partial charge in [-0.05, 0) is 6.42 Å². The van der Waals surface area contributed by atoms with Crippen molar-refractivity contribution in [2.75, 3.05) is 6.61 Å².